The monoisotopic (exact) mass is 630 g/mol. The highest BCUT2D eigenvalue weighted by Gasteiger charge is 2.33. The predicted molar refractivity (Wildman–Crippen MR) is 173 cm³/mol. The van der Waals surface area contributed by atoms with Gasteiger partial charge in [-0.2, -0.15) is 5.10 Å². The molecule has 0 fully saturated rings. The number of hydrogen-bond acceptors (Lipinski definition) is 5. The van der Waals surface area contributed by atoms with E-state index in [0.717, 1.165) is 26.9 Å². The molecular formula is C32H31ClN6O4S. The number of rotatable bonds is 9. The van der Waals surface area contributed by atoms with Gasteiger partial charge in [-0.05, 0) is 63.2 Å². The van der Waals surface area contributed by atoms with Crippen molar-refractivity contribution in [2.24, 2.45) is 12.1 Å². The van der Waals surface area contributed by atoms with E-state index in [1.807, 2.05) is 54.8 Å². The van der Waals surface area contributed by atoms with Gasteiger partial charge in [0.15, 0.2) is 0 Å². The molecule has 0 saturated heterocycles. The van der Waals surface area contributed by atoms with Crippen LogP contribution in [0.25, 0.3) is 11.4 Å². The molecule has 5 aromatic rings. The minimum Gasteiger partial charge on any atom is -0.316 e. The Morgan fingerprint density at radius 2 is 1.55 bits per heavy atom. The fourth-order valence-corrected chi connectivity index (χ4v) is 6.82. The molecule has 0 aliphatic carbocycles. The fraction of sp³-hybridized carbons (Fsp3) is 0.156. The number of aryl methyl sites for hydroxylation is 1. The molecule has 0 radical (unpaired) electrons. The highest BCUT2D eigenvalue weighted by Crippen LogP contribution is 2.27. The van der Waals surface area contributed by atoms with Crippen LogP contribution in [0.3, 0.4) is 0 Å². The molecule has 226 valence electrons. The van der Waals surface area contributed by atoms with Crippen LogP contribution in [0.2, 0.25) is 5.02 Å². The van der Waals surface area contributed by atoms with Gasteiger partial charge >= 0.3 is 0 Å². The average Bonchev–Trinajstić information content (AvgIpc) is 3.41. The summed E-state index contributed by atoms with van der Waals surface area (Å²) in [7, 11) is -2.67. The van der Waals surface area contributed by atoms with E-state index in [9.17, 15) is 18.0 Å². The Labute approximate surface area is 260 Å². The molecule has 0 aliphatic rings. The maximum absolute atomic E-state index is 13.9. The number of hydrogen-bond donors (Lipinski definition) is 1. The Bertz CT molecular complexity index is 2030. The number of hydrazone groups is 1. The quantitative estimate of drug-likeness (QED) is 0.185. The summed E-state index contributed by atoms with van der Waals surface area (Å²) in [4.78, 5) is 27.0. The van der Waals surface area contributed by atoms with Crippen LogP contribution in [0.1, 0.15) is 22.6 Å². The van der Waals surface area contributed by atoms with Crippen molar-refractivity contribution in [3.63, 3.8) is 0 Å². The van der Waals surface area contributed by atoms with Gasteiger partial charge in [0, 0.05) is 24.0 Å². The van der Waals surface area contributed by atoms with Crippen molar-refractivity contribution in [2.75, 3.05) is 10.8 Å². The smallest absolute Gasteiger partial charge is 0.296 e. The molecule has 0 saturated carbocycles. The van der Waals surface area contributed by atoms with E-state index >= 15 is 0 Å². The lowest BCUT2D eigenvalue weighted by molar-refractivity contribution is -0.119. The van der Waals surface area contributed by atoms with Crippen molar-refractivity contribution in [3.05, 3.63) is 129 Å². The Morgan fingerprint density at radius 3 is 2.20 bits per heavy atom. The number of sulfonamides is 1. The van der Waals surface area contributed by atoms with Gasteiger partial charge in [0.2, 0.25) is 0 Å². The Morgan fingerprint density at radius 1 is 0.932 bits per heavy atom. The Balaban J connectivity index is 1.47. The third-order valence-corrected chi connectivity index (χ3v) is 9.43. The fourth-order valence-electron chi connectivity index (χ4n) is 5.11. The van der Waals surface area contributed by atoms with Crippen molar-refractivity contribution >= 4 is 39.4 Å². The molecule has 0 spiro atoms. The molecule has 0 aliphatic heterocycles. The van der Waals surface area contributed by atoms with E-state index in [1.165, 1.54) is 23.0 Å². The first-order chi connectivity index (χ1) is 21.0. The van der Waals surface area contributed by atoms with E-state index in [2.05, 4.69) is 10.5 Å². The highest BCUT2D eigenvalue weighted by molar-refractivity contribution is 7.92. The molecule has 44 heavy (non-hydrogen) atoms. The first kappa shape index (κ1) is 30.6. The molecule has 10 nitrogen and oxygen atoms in total. The van der Waals surface area contributed by atoms with Crippen molar-refractivity contribution < 1.29 is 13.2 Å². The summed E-state index contributed by atoms with van der Waals surface area (Å²) in [5.41, 5.74) is 5.94. The minimum absolute atomic E-state index is 0.0581. The first-order valence-electron chi connectivity index (χ1n) is 13.7. The van der Waals surface area contributed by atoms with Crippen molar-refractivity contribution in [3.8, 4) is 11.4 Å². The number of halogens is 1. The summed E-state index contributed by atoms with van der Waals surface area (Å²) in [5.74, 6) is -0.727. The van der Waals surface area contributed by atoms with Gasteiger partial charge in [-0.25, -0.2) is 22.8 Å². The Hall–Kier alpha value is -4.87. The molecule has 12 heteroatoms. The molecule has 1 N–H and O–H groups in total. The largest absolute Gasteiger partial charge is 0.316 e. The number of nitrogens with zero attached hydrogens (tertiary/aromatic N) is 5. The summed E-state index contributed by atoms with van der Waals surface area (Å²) in [6.45, 7) is 4.79. The molecule has 0 bridgehead atoms. The van der Waals surface area contributed by atoms with Crippen LogP contribution in [0.5, 0.6) is 0 Å². The second kappa shape index (κ2) is 12.4. The number of nitrogens with one attached hydrogen (secondary N) is 1. The third kappa shape index (κ3) is 5.71. The number of carbonyl (C=O) groups is 1. The minimum atomic E-state index is -4.32. The zero-order valence-electron chi connectivity index (χ0n) is 24.6. The predicted octanol–water partition coefficient (Wildman–Crippen LogP) is 4.89. The number of para-hydroxylation sites is 2. The maximum atomic E-state index is 13.9. The van der Waals surface area contributed by atoms with Crippen LogP contribution in [0.4, 0.5) is 5.69 Å². The number of aromatic nitrogens is 3. The summed E-state index contributed by atoms with van der Waals surface area (Å²) >= 11 is 6.42. The lowest BCUT2D eigenvalue weighted by atomic mass is 10.2. The number of benzene rings is 3. The lowest BCUT2D eigenvalue weighted by Crippen LogP contribution is -2.42. The topological polar surface area (TPSA) is 111 Å². The van der Waals surface area contributed by atoms with E-state index < -0.39 is 28.0 Å². The molecule has 2 heterocycles. The first-order valence-corrected chi connectivity index (χ1v) is 15.5. The molecule has 2 aromatic heterocycles. The van der Waals surface area contributed by atoms with Crippen LogP contribution in [0.15, 0.2) is 106 Å². The molecule has 3 aromatic carbocycles. The van der Waals surface area contributed by atoms with Gasteiger partial charge in [-0.1, -0.05) is 60.1 Å². The zero-order valence-corrected chi connectivity index (χ0v) is 26.2. The normalized spacial score (nSPS) is 11.7. The molecule has 0 atom stereocenters. The number of carbonyl (C=O) groups excluding carboxylic acids is 1. The van der Waals surface area contributed by atoms with Crippen LogP contribution >= 0.6 is 11.6 Å². The van der Waals surface area contributed by atoms with Crippen LogP contribution in [-0.4, -0.2) is 41.0 Å². The SMILES string of the molecule is Cc1cc(/C=N\NC(=O)CN(c2c(C)n(C)n(-c3ccccc3)c2=O)S(=O)(=O)c2ccccc2)c(C)n1-c1ccccc1Cl. The summed E-state index contributed by atoms with van der Waals surface area (Å²) in [6, 6.07) is 25.9. The van der Waals surface area contributed by atoms with E-state index in [0.29, 0.717) is 16.4 Å². The Kier molecular flexibility index (Phi) is 8.61. The van der Waals surface area contributed by atoms with Crippen molar-refractivity contribution in [2.45, 2.75) is 25.7 Å². The molecule has 0 unspecified atom stereocenters. The average molecular weight is 631 g/mol. The van der Waals surface area contributed by atoms with Crippen LogP contribution in [0, 0.1) is 20.8 Å². The van der Waals surface area contributed by atoms with Crippen molar-refractivity contribution in [1.29, 1.82) is 0 Å². The van der Waals surface area contributed by atoms with Gasteiger partial charge in [0.05, 0.1) is 33.2 Å². The zero-order chi connectivity index (χ0) is 31.6. The number of amides is 1. The second-order valence-electron chi connectivity index (χ2n) is 10.1. The van der Waals surface area contributed by atoms with E-state index in [4.69, 9.17) is 11.6 Å². The van der Waals surface area contributed by atoms with E-state index in [1.54, 1.807) is 61.1 Å². The van der Waals surface area contributed by atoms with E-state index in [-0.39, 0.29) is 10.6 Å². The summed E-state index contributed by atoms with van der Waals surface area (Å²) in [6.07, 6.45) is 1.49. The molecule has 1 amide bonds. The molecular weight excluding hydrogens is 600 g/mol. The second-order valence-corrected chi connectivity index (χ2v) is 12.4. The highest BCUT2D eigenvalue weighted by atomic mass is 35.5. The molecule has 5 rings (SSSR count). The lowest BCUT2D eigenvalue weighted by Gasteiger charge is -2.22. The van der Waals surface area contributed by atoms with Gasteiger partial charge < -0.3 is 4.57 Å². The summed E-state index contributed by atoms with van der Waals surface area (Å²) < 4.78 is 33.6. The van der Waals surface area contributed by atoms with Gasteiger partial charge in [0.1, 0.15) is 12.2 Å². The number of anilines is 1. The van der Waals surface area contributed by atoms with Gasteiger partial charge in [0.25, 0.3) is 21.5 Å². The van der Waals surface area contributed by atoms with Crippen molar-refractivity contribution in [1.82, 2.24) is 19.4 Å². The third-order valence-electron chi connectivity index (χ3n) is 7.35. The maximum Gasteiger partial charge on any atom is 0.296 e. The van der Waals surface area contributed by atoms with Crippen LogP contribution in [-0.2, 0) is 21.9 Å². The van der Waals surface area contributed by atoms with Crippen LogP contribution < -0.4 is 15.3 Å². The van der Waals surface area contributed by atoms with Gasteiger partial charge in [-0.15, -0.1) is 0 Å². The standard InChI is InChI=1S/C32H31ClN6O4S/c1-22-19-25(23(2)38(22)29-18-12-11-17-28(29)33)20-34-35-30(40)21-37(44(42,43)27-15-9-6-10-16-27)31-24(3)36(4)39(32(31)41)26-13-7-5-8-14-26/h5-20H,21H2,1-4H3,(H,35,40)/b34-20-. The van der Waals surface area contributed by atoms with Gasteiger partial charge in [-0.3, -0.25) is 14.3 Å². The summed E-state index contributed by atoms with van der Waals surface area (Å²) in [5, 5.41) is 4.70.